The second kappa shape index (κ2) is 6.22. The average Bonchev–Trinajstić information content (AvgIpc) is 2.87. The molecule has 0 atom stereocenters. The van der Waals surface area contributed by atoms with Crippen molar-refractivity contribution in [2.24, 2.45) is 0 Å². The number of carbonyl (C=O) groups is 1. The van der Waals surface area contributed by atoms with Gasteiger partial charge in [-0.15, -0.1) is 0 Å². The number of hydrogen-bond donors (Lipinski definition) is 1. The lowest BCUT2D eigenvalue weighted by molar-refractivity contribution is 0.0745. The molecule has 118 valence electrons. The van der Waals surface area contributed by atoms with E-state index in [1.165, 1.54) is 0 Å². The van der Waals surface area contributed by atoms with Crippen molar-refractivity contribution in [1.82, 2.24) is 14.7 Å². The topological polar surface area (TPSA) is 64.2 Å². The molecule has 0 saturated heterocycles. The Bertz CT molecular complexity index is 640. The number of nitrogen functional groups attached to an aromatic ring is 1. The van der Waals surface area contributed by atoms with E-state index in [1.54, 1.807) is 15.6 Å². The zero-order chi connectivity index (χ0) is 16.3. The van der Waals surface area contributed by atoms with E-state index in [-0.39, 0.29) is 11.4 Å². The van der Waals surface area contributed by atoms with Gasteiger partial charge in [-0.1, -0.05) is 30.3 Å². The lowest BCUT2D eigenvalue weighted by atomic mass is 10.1. The summed E-state index contributed by atoms with van der Waals surface area (Å²) in [4.78, 5) is 14.4. The highest BCUT2D eigenvalue weighted by atomic mass is 16.2. The Morgan fingerprint density at radius 3 is 2.41 bits per heavy atom. The minimum absolute atomic E-state index is 0.0962. The summed E-state index contributed by atoms with van der Waals surface area (Å²) in [6, 6.07) is 11.6. The smallest absolute Gasteiger partial charge is 0.274 e. The molecule has 0 unspecified atom stereocenters. The van der Waals surface area contributed by atoms with Crippen LogP contribution in [0.3, 0.4) is 0 Å². The highest BCUT2D eigenvalue weighted by molar-refractivity contribution is 5.93. The summed E-state index contributed by atoms with van der Waals surface area (Å²) in [5.41, 5.74) is 7.23. The number of benzene rings is 1. The number of rotatable bonds is 4. The summed E-state index contributed by atoms with van der Waals surface area (Å²) in [5.74, 6) is 0.410. The van der Waals surface area contributed by atoms with Crippen LogP contribution in [0.25, 0.3) is 0 Å². The van der Waals surface area contributed by atoms with E-state index in [0.29, 0.717) is 24.6 Å². The average molecular weight is 300 g/mol. The molecule has 2 aromatic rings. The Kier molecular flexibility index (Phi) is 4.54. The third-order valence-electron chi connectivity index (χ3n) is 3.48. The van der Waals surface area contributed by atoms with E-state index in [1.807, 2.05) is 58.0 Å². The molecule has 0 aliphatic rings. The van der Waals surface area contributed by atoms with Crippen LogP contribution in [-0.2, 0) is 12.1 Å². The highest BCUT2D eigenvalue weighted by Gasteiger charge is 2.23. The molecule has 2 rings (SSSR count). The van der Waals surface area contributed by atoms with Gasteiger partial charge in [-0.2, -0.15) is 5.10 Å². The Morgan fingerprint density at radius 1 is 1.27 bits per heavy atom. The van der Waals surface area contributed by atoms with Crippen molar-refractivity contribution in [3.05, 3.63) is 47.7 Å². The Labute approximate surface area is 131 Å². The molecule has 5 nitrogen and oxygen atoms in total. The van der Waals surface area contributed by atoms with E-state index < -0.39 is 0 Å². The van der Waals surface area contributed by atoms with Crippen molar-refractivity contribution < 1.29 is 4.79 Å². The molecule has 5 heteroatoms. The molecule has 0 aliphatic heterocycles. The fourth-order valence-electron chi connectivity index (χ4n) is 2.33. The summed E-state index contributed by atoms with van der Waals surface area (Å²) in [7, 11) is 0. The van der Waals surface area contributed by atoms with Gasteiger partial charge >= 0.3 is 0 Å². The van der Waals surface area contributed by atoms with Gasteiger partial charge in [0.2, 0.25) is 0 Å². The predicted molar refractivity (Wildman–Crippen MR) is 88.5 cm³/mol. The monoisotopic (exact) mass is 300 g/mol. The van der Waals surface area contributed by atoms with E-state index in [9.17, 15) is 4.79 Å². The maximum atomic E-state index is 12.7. The van der Waals surface area contributed by atoms with Crippen molar-refractivity contribution >= 4 is 11.7 Å². The SMILES string of the molecule is CCN(Cc1ccccc1)C(=O)c1cc(N)n(C(C)(C)C)n1. The molecule has 1 aromatic heterocycles. The lowest BCUT2D eigenvalue weighted by Crippen LogP contribution is -2.31. The first-order valence-electron chi connectivity index (χ1n) is 7.52. The van der Waals surface area contributed by atoms with Crippen LogP contribution < -0.4 is 5.73 Å². The molecule has 1 amide bonds. The zero-order valence-electron chi connectivity index (χ0n) is 13.7. The summed E-state index contributed by atoms with van der Waals surface area (Å²) in [5, 5.41) is 4.39. The van der Waals surface area contributed by atoms with E-state index in [0.717, 1.165) is 5.56 Å². The van der Waals surface area contributed by atoms with E-state index in [2.05, 4.69) is 5.10 Å². The van der Waals surface area contributed by atoms with Gasteiger partial charge in [0.15, 0.2) is 5.69 Å². The molecule has 0 saturated carbocycles. The van der Waals surface area contributed by atoms with Crippen LogP contribution in [0.5, 0.6) is 0 Å². The maximum Gasteiger partial charge on any atom is 0.274 e. The van der Waals surface area contributed by atoms with Crippen LogP contribution in [0, 0.1) is 0 Å². The summed E-state index contributed by atoms with van der Waals surface area (Å²) in [6.07, 6.45) is 0. The van der Waals surface area contributed by atoms with Crippen molar-refractivity contribution in [1.29, 1.82) is 0 Å². The third-order valence-corrected chi connectivity index (χ3v) is 3.48. The number of nitrogens with two attached hydrogens (primary N) is 1. The first-order valence-corrected chi connectivity index (χ1v) is 7.52. The fraction of sp³-hybridized carbons (Fsp3) is 0.412. The standard InChI is InChI=1S/C17H24N4O/c1-5-20(12-13-9-7-6-8-10-13)16(22)14-11-15(18)21(19-14)17(2,3)4/h6-11H,5,12,18H2,1-4H3. The quantitative estimate of drug-likeness (QED) is 0.944. The molecule has 1 aromatic carbocycles. The minimum atomic E-state index is -0.251. The van der Waals surface area contributed by atoms with Gasteiger partial charge in [-0.25, -0.2) is 4.68 Å². The first-order chi connectivity index (χ1) is 10.3. The molecule has 0 bridgehead atoms. The molecule has 22 heavy (non-hydrogen) atoms. The largest absolute Gasteiger partial charge is 0.384 e. The van der Waals surface area contributed by atoms with Gasteiger partial charge in [0, 0.05) is 19.2 Å². The van der Waals surface area contributed by atoms with Gasteiger partial charge in [0.25, 0.3) is 5.91 Å². The third kappa shape index (κ3) is 3.47. The van der Waals surface area contributed by atoms with Crippen molar-refractivity contribution in [3.63, 3.8) is 0 Å². The van der Waals surface area contributed by atoms with Crippen LogP contribution in [0.15, 0.2) is 36.4 Å². The van der Waals surface area contributed by atoms with Crippen LogP contribution in [0.4, 0.5) is 5.82 Å². The number of nitrogens with zero attached hydrogens (tertiary/aromatic N) is 3. The van der Waals surface area contributed by atoms with Gasteiger partial charge in [-0.3, -0.25) is 4.79 Å². The van der Waals surface area contributed by atoms with Gasteiger partial charge in [0.1, 0.15) is 5.82 Å². The second-order valence-electron chi connectivity index (χ2n) is 6.34. The Morgan fingerprint density at radius 2 is 1.91 bits per heavy atom. The molecular weight excluding hydrogens is 276 g/mol. The minimum Gasteiger partial charge on any atom is -0.384 e. The zero-order valence-corrected chi connectivity index (χ0v) is 13.7. The number of amides is 1. The van der Waals surface area contributed by atoms with Gasteiger partial charge in [0.05, 0.1) is 5.54 Å². The van der Waals surface area contributed by atoms with E-state index in [4.69, 9.17) is 5.73 Å². The molecule has 0 aliphatic carbocycles. The number of aromatic nitrogens is 2. The lowest BCUT2D eigenvalue weighted by Gasteiger charge is -2.21. The molecule has 0 fully saturated rings. The number of hydrogen-bond acceptors (Lipinski definition) is 3. The molecular formula is C17H24N4O. The number of anilines is 1. The Balaban J connectivity index is 2.22. The first kappa shape index (κ1) is 16.1. The molecule has 1 heterocycles. The van der Waals surface area contributed by atoms with Crippen LogP contribution in [0.1, 0.15) is 43.7 Å². The maximum absolute atomic E-state index is 12.7. The van der Waals surface area contributed by atoms with Crippen LogP contribution in [0.2, 0.25) is 0 Å². The fourth-order valence-corrected chi connectivity index (χ4v) is 2.33. The molecule has 0 radical (unpaired) electrons. The highest BCUT2D eigenvalue weighted by Crippen LogP contribution is 2.20. The van der Waals surface area contributed by atoms with Gasteiger partial charge in [-0.05, 0) is 33.3 Å². The molecule has 0 spiro atoms. The van der Waals surface area contributed by atoms with Crippen molar-refractivity contribution in [2.45, 2.75) is 39.8 Å². The second-order valence-corrected chi connectivity index (χ2v) is 6.34. The van der Waals surface area contributed by atoms with Crippen LogP contribution in [-0.4, -0.2) is 27.1 Å². The van der Waals surface area contributed by atoms with Crippen molar-refractivity contribution in [3.8, 4) is 0 Å². The summed E-state index contributed by atoms with van der Waals surface area (Å²) < 4.78 is 1.69. The Hall–Kier alpha value is -2.30. The van der Waals surface area contributed by atoms with E-state index >= 15 is 0 Å². The van der Waals surface area contributed by atoms with Crippen molar-refractivity contribution in [2.75, 3.05) is 12.3 Å². The summed E-state index contributed by atoms with van der Waals surface area (Å²) >= 11 is 0. The van der Waals surface area contributed by atoms with Gasteiger partial charge < -0.3 is 10.6 Å². The predicted octanol–water partition coefficient (Wildman–Crippen LogP) is 2.88. The van der Waals surface area contributed by atoms with Crippen LogP contribution >= 0.6 is 0 Å². The normalized spacial score (nSPS) is 11.5. The molecule has 2 N–H and O–H groups in total. The summed E-state index contributed by atoms with van der Waals surface area (Å²) in [6.45, 7) is 9.17. The number of carbonyl (C=O) groups excluding carboxylic acids is 1.